The van der Waals surface area contributed by atoms with E-state index in [1.807, 2.05) is 11.3 Å². The molecule has 0 bridgehead atoms. The molecule has 3 aromatic heterocycles. The highest BCUT2D eigenvalue weighted by Crippen LogP contribution is 2.43. The lowest BCUT2D eigenvalue weighted by Crippen LogP contribution is -2.19. The fourth-order valence-corrected chi connectivity index (χ4v) is 12.6. The molecule has 0 saturated carbocycles. The van der Waals surface area contributed by atoms with Crippen LogP contribution in [0.15, 0.2) is 239 Å². The summed E-state index contributed by atoms with van der Waals surface area (Å²) in [6, 6.07) is 79.3. The van der Waals surface area contributed by atoms with Gasteiger partial charge in [-0.15, -0.1) is 11.3 Å². The van der Waals surface area contributed by atoms with Crippen LogP contribution in [0.1, 0.15) is 30.0 Å². The van der Waals surface area contributed by atoms with Gasteiger partial charge in [-0.2, -0.15) is 0 Å². The zero-order valence-corrected chi connectivity index (χ0v) is 40.1. The van der Waals surface area contributed by atoms with Gasteiger partial charge < -0.3 is 8.98 Å². The number of allylic oxidation sites excluding steroid dienone is 1. The van der Waals surface area contributed by atoms with Crippen LogP contribution in [-0.4, -0.2) is 16.1 Å². The average Bonchev–Trinajstić information content (AvgIpc) is 4.08. The molecular formula is C67H43N3OS. The highest BCUT2D eigenvalue weighted by Gasteiger charge is 2.27. The van der Waals surface area contributed by atoms with Gasteiger partial charge in [0.2, 0.25) is 0 Å². The first-order valence-electron chi connectivity index (χ1n) is 24.8. The Morgan fingerprint density at radius 1 is 0.444 bits per heavy atom. The first-order chi connectivity index (χ1) is 35.6. The predicted octanol–water partition coefficient (Wildman–Crippen LogP) is 18.5. The molecule has 1 unspecified atom stereocenters. The molecule has 0 radical (unpaired) electrons. The molecular weight excluding hydrogens is 895 g/mol. The highest BCUT2D eigenvalue weighted by molar-refractivity contribution is 7.26. The van der Waals surface area contributed by atoms with Crippen molar-refractivity contribution in [1.82, 2.24) is 4.57 Å². The Balaban J connectivity index is 1.04. The van der Waals surface area contributed by atoms with Crippen LogP contribution < -0.4 is 0 Å². The maximum Gasteiger partial charge on any atom is 0.161 e. The lowest BCUT2D eigenvalue weighted by Gasteiger charge is -2.22. The number of amidine groups is 1. The summed E-state index contributed by atoms with van der Waals surface area (Å²) >= 11 is 1.81. The van der Waals surface area contributed by atoms with E-state index in [4.69, 9.17) is 14.4 Å². The van der Waals surface area contributed by atoms with E-state index < -0.39 is 0 Å². The van der Waals surface area contributed by atoms with E-state index in [-0.39, 0.29) is 5.92 Å². The van der Waals surface area contributed by atoms with Crippen LogP contribution in [-0.2, 0) is 0 Å². The SMILES string of the molecule is CC1C/C=C(c2ccc(-c3ccccc3)cc2)/N=C(c2cccc3c2sc2ccccc23)\N=C/1c1cc2c(cc1-n1c3cc4ccccc4cc3c3cc4ccccc4cc31)oc1cc3ccccc3cc12. The van der Waals surface area contributed by atoms with Crippen molar-refractivity contribution in [2.24, 2.45) is 15.9 Å². The van der Waals surface area contributed by atoms with Gasteiger partial charge in [-0.3, -0.25) is 0 Å². The molecule has 0 saturated heterocycles. The predicted molar refractivity (Wildman–Crippen MR) is 307 cm³/mol. The minimum Gasteiger partial charge on any atom is -0.456 e. The van der Waals surface area contributed by atoms with Gasteiger partial charge in [-0.05, 0) is 110 Å². The number of fused-ring (bicyclic) bond motifs is 12. The van der Waals surface area contributed by atoms with Crippen molar-refractivity contribution in [3.8, 4) is 16.8 Å². The van der Waals surface area contributed by atoms with E-state index in [2.05, 4.69) is 236 Å². The largest absolute Gasteiger partial charge is 0.456 e. The van der Waals surface area contributed by atoms with Gasteiger partial charge in [0, 0.05) is 64.8 Å². The Kier molecular flexibility index (Phi) is 9.14. The third-order valence-electron chi connectivity index (χ3n) is 15.0. The maximum absolute atomic E-state index is 6.96. The van der Waals surface area contributed by atoms with Crippen molar-refractivity contribution in [1.29, 1.82) is 0 Å². The summed E-state index contributed by atoms with van der Waals surface area (Å²) in [5.74, 6) is 0.682. The Morgan fingerprint density at radius 3 is 1.68 bits per heavy atom. The second-order valence-corrected chi connectivity index (χ2v) is 20.4. The van der Waals surface area contributed by atoms with Crippen molar-refractivity contribution < 1.29 is 4.42 Å². The van der Waals surface area contributed by atoms with Crippen molar-refractivity contribution in [2.45, 2.75) is 13.3 Å². The third kappa shape index (κ3) is 6.51. The third-order valence-corrected chi connectivity index (χ3v) is 16.2. The molecule has 0 fully saturated rings. The summed E-state index contributed by atoms with van der Waals surface area (Å²) in [6.45, 7) is 2.33. The molecule has 5 heteroatoms. The van der Waals surface area contributed by atoms with Crippen LogP contribution in [0.5, 0.6) is 0 Å². The van der Waals surface area contributed by atoms with Crippen molar-refractivity contribution >= 4 is 125 Å². The van der Waals surface area contributed by atoms with E-state index in [1.54, 1.807) is 0 Å². The first-order valence-corrected chi connectivity index (χ1v) is 25.6. The van der Waals surface area contributed by atoms with Crippen molar-refractivity contribution in [3.05, 3.63) is 241 Å². The number of hydrogen-bond acceptors (Lipinski definition) is 4. The van der Waals surface area contributed by atoms with E-state index in [9.17, 15) is 0 Å². The first kappa shape index (κ1) is 40.9. The standard InChI is InChI=1S/C67H43N3OS/c1-40-26-31-58(43-29-27-42(28-30-43)41-14-3-2-4-15-41)68-67(52-24-13-23-51-50-22-11-12-25-64(50)72-66(51)52)69-65(40)57-38-56-55-34-46-18-7-10-21-49(46)37-62(55)71-63(56)39-61(57)70-59-35-47-19-8-5-16-44(47)32-53(59)54-33-45-17-6-9-20-48(45)36-60(54)70/h2-25,27-40H,26H2,1H3/b58-31+,68-67-,69-65+. The molecule has 0 amide bonds. The monoisotopic (exact) mass is 937 g/mol. The molecule has 11 aromatic carbocycles. The molecule has 0 N–H and O–H groups in total. The second-order valence-electron chi connectivity index (χ2n) is 19.3. The van der Waals surface area contributed by atoms with Gasteiger partial charge in [0.15, 0.2) is 5.84 Å². The number of benzene rings is 11. The van der Waals surface area contributed by atoms with E-state index in [0.29, 0.717) is 5.84 Å². The number of aromatic nitrogens is 1. The number of aliphatic imine (C=N–C) groups is 2. The molecule has 1 aliphatic rings. The zero-order chi connectivity index (χ0) is 47.4. The molecule has 0 aliphatic carbocycles. The van der Waals surface area contributed by atoms with Gasteiger partial charge in [0.25, 0.3) is 0 Å². The smallest absolute Gasteiger partial charge is 0.161 e. The molecule has 72 heavy (non-hydrogen) atoms. The number of hydrogen-bond donors (Lipinski definition) is 0. The average molecular weight is 938 g/mol. The van der Waals surface area contributed by atoms with E-state index in [1.165, 1.54) is 69.0 Å². The van der Waals surface area contributed by atoms with Crippen LogP contribution in [0, 0.1) is 5.92 Å². The Labute approximate surface area is 418 Å². The summed E-state index contributed by atoms with van der Waals surface area (Å²) in [6.07, 6.45) is 3.06. The minimum atomic E-state index is -0.0133. The Hall–Kier alpha value is -8.90. The second kappa shape index (κ2) is 16.1. The number of thiophene rings is 1. The van der Waals surface area contributed by atoms with Gasteiger partial charge in [-0.1, -0.05) is 171 Å². The quantitative estimate of drug-likeness (QED) is 0.170. The van der Waals surface area contributed by atoms with Crippen LogP contribution in [0.3, 0.4) is 0 Å². The minimum absolute atomic E-state index is 0.0133. The van der Waals surface area contributed by atoms with E-state index >= 15 is 0 Å². The van der Waals surface area contributed by atoms with Crippen molar-refractivity contribution in [2.75, 3.05) is 0 Å². The molecule has 1 aliphatic heterocycles. The Morgan fingerprint density at radius 2 is 0.986 bits per heavy atom. The van der Waals surface area contributed by atoms with Crippen LogP contribution in [0.25, 0.3) is 119 Å². The molecule has 14 aromatic rings. The zero-order valence-electron chi connectivity index (χ0n) is 39.3. The number of furan rings is 1. The lowest BCUT2D eigenvalue weighted by molar-refractivity contribution is 0.669. The van der Waals surface area contributed by atoms with Crippen LogP contribution >= 0.6 is 11.3 Å². The van der Waals surface area contributed by atoms with E-state index in [0.717, 1.165) is 78.6 Å². The summed E-state index contributed by atoms with van der Waals surface area (Å²) in [7, 11) is 0. The van der Waals surface area contributed by atoms with Crippen LogP contribution in [0.4, 0.5) is 0 Å². The molecule has 4 heterocycles. The molecule has 4 nitrogen and oxygen atoms in total. The summed E-state index contributed by atoms with van der Waals surface area (Å²) in [5, 5.41) is 14.1. The number of rotatable bonds is 5. The van der Waals surface area contributed by atoms with Crippen LogP contribution in [0.2, 0.25) is 0 Å². The summed E-state index contributed by atoms with van der Waals surface area (Å²) in [4.78, 5) is 11.6. The fraction of sp³-hybridized carbons (Fsp3) is 0.0448. The molecule has 0 spiro atoms. The Bertz CT molecular complexity index is 4570. The maximum atomic E-state index is 6.96. The van der Waals surface area contributed by atoms with Gasteiger partial charge in [0.1, 0.15) is 11.2 Å². The van der Waals surface area contributed by atoms with Gasteiger partial charge in [-0.25, -0.2) is 9.98 Å². The van der Waals surface area contributed by atoms with Gasteiger partial charge in [0.05, 0.1) is 28.1 Å². The summed E-state index contributed by atoms with van der Waals surface area (Å²) in [5.41, 5.74) is 12.4. The number of nitrogens with zero attached hydrogens (tertiary/aromatic N) is 3. The normalized spacial score (nSPS) is 16.7. The molecule has 15 rings (SSSR count). The molecule has 338 valence electrons. The molecule has 1 atom stereocenters. The fourth-order valence-electron chi connectivity index (χ4n) is 11.4. The van der Waals surface area contributed by atoms with Crippen molar-refractivity contribution in [3.63, 3.8) is 0 Å². The topological polar surface area (TPSA) is 42.8 Å². The highest BCUT2D eigenvalue weighted by atomic mass is 32.1. The van der Waals surface area contributed by atoms with Gasteiger partial charge >= 0.3 is 0 Å². The summed E-state index contributed by atoms with van der Waals surface area (Å²) < 4.78 is 11.9. The lowest BCUT2D eigenvalue weighted by atomic mass is 9.91.